The molecule has 1 atom stereocenters. The summed E-state index contributed by atoms with van der Waals surface area (Å²) in [6.45, 7) is 1.71. The van der Waals surface area contributed by atoms with Crippen LogP contribution < -0.4 is 22.5 Å². The molecule has 11 heteroatoms. The van der Waals surface area contributed by atoms with E-state index in [9.17, 15) is 9.59 Å². The molecule has 0 saturated heterocycles. The van der Waals surface area contributed by atoms with Crippen LogP contribution in [0.3, 0.4) is 0 Å². The highest BCUT2D eigenvalue weighted by atomic mass is 32.1. The molecule has 0 unspecified atom stereocenters. The van der Waals surface area contributed by atoms with Gasteiger partial charge in [0.05, 0.1) is 15.7 Å². The van der Waals surface area contributed by atoms with Crippen LogP contribution in [-0.4, -0.2) is 40.3 Å². The van der Waals surface area contributed by atoms with E-state index in [1.54, 1.807) is 24.6 Å². The number of amides is 2. The number of aromatic nitrogens is 1. The number of guanidine groups is 1. The molecule has 136 valence electrons. The molecule has 0 aliphatic rings. The van der Waals surface area contributed by atoms with E-state index in [1.807, 2.05) is 6.07 Å². The van der Waals surface area contributed by atoms with E-state index < -0.39 is 23.6 Å². The minimum absolute atomic E-state index is 0.201. The fourth-order valence-corrected chi connectivity index (χ4v) is 2.65. The molecule has 2 amide bonds. The summed E-state index contributed by atoms with van der Waals surface area (Å²) in [5, 5.41) is 10.6. The number of thiazole rings is 1. The zero-order valence-corrected chi connectivity index (χ0v) is 14.7. The number of benzene rings is 1. The lowest BCUT2D eigenvalue weighted by Gasteiger charge is -2.10. The molecule has 0 fully saturated rings. The molecule has 1 aromatic heterocycles. The molecule has 8 N–H and O–H groups in total. The van der Waals surface area contributed by atoms with Crippen LogP contribution in [0.5, 0.6) is 0 Å². The van der Waals surface area contributed by atoms with Crippen molar-refractivity contribution in [3.8, 4) is 0 Å². The number of carbonyl (C=O) groups is 2. The second kappa shape index (κ2) is 8.16. The van der Waals surface area contributed by atoms with E-state index in [2.05, 4.69) is 20.3 Å². The first-order valence-corrected chi connectivity index (χ1v) is 8.40. The van der Waals surface area contributed by atoms with Gasteiger partial charge in [-0.1, -0.05) is 6.92 Å². The van der Waals surface area contributed by atoms with E-state index in [0.29, 0.717) is 12.1 Å². The van der Waals surface area contributed by atoms with Gasteiger partial charge in [-0.05, 0) is 24.6 Å². The van der Waals surface area contributed by atoms with Crippen LogP contribution in [0, 0.1) is 5.41 Å². The Labute approximate surface area is 152 Å². The van der Waals surface area contributed by atoms with Crippen LogP contribution in [0.1, 0.15) is 13.3 Å². The fraction of sp³-hybridized carbons (Fsp3) is 0.200. The Morgan fingerprint density at radius 1 is 1.35 bits per heavy atom. The maximum absolute atomic E-state index is 11.4. The molecule has 1 heterocycles. The number of nitrogens with one attached hydrogen (secondary N) is 2. The number of nitrogens with two attached hydrogens (primary N) is 3. The summed E-state index contributed by atoms with van der Waals surface area (Å²) in [6.07, 6.45) is 0.335. The molecule has 10 nitrogen and oxygen atoms in total. The van der Waals surface area contributed by atoms with Gasteiger partial charge in [0.15, 0.2) is 11.5 Å². The van der Waals surface area contributed by atoms with E-state index in [4.69, 9.17) is 22.6 Å². The molecule has 0 bridgehead atoms. The normalized spacial score (nSPS) is 13.4. The molecule has 0 spiro atoms. The Morgan fingerprint density at radius 2 is 2.08 bits per heavy atom. The van der Waals surface area contributed by atoms with Crippen molar-refractivity contribution in [3.05, 3.63) is 23.7 Å². The van der Waals surface area contributed by atoms with E-state index in [1.165, 1.54) is 11.3 Å². The average Bonchev–Trinajstić information content (AvgIpc) is 3.05. The molecule has 0 saturated carbocycles. The van der Waals surface area contributed by atoms with Gasteiger partial charge in [-0.15, -0.1) is 11.3 Å². The highest BCUT2D eigenvalue weighted by Crippen LogP contribution is 2.21. The smallest absolute Gasteiger partial charge is 0.270 e. The maximum atomic E-state index is 11.4. The van der Waals surface area contributed by atoms with Crippen molar-refractivity contribution in [1.29, 1.82) is 5.41 Å². The third-order valence-electron chi connectivity index (χ3n) is 3.31. The third kappa shape index (κ3) is 4.60. The summed E-state index contributed by atoms with van der Waals surface area (Å²) in [5.74, 6) is -2.16. The topological polar surface area (TPSA) is 186 Å². The monoisotopic (exact) mass is 374 g/mol. The number of hydrogen-bond acceptors (Lipinski definition) is 6. The Kier molecular flexibility index (Phi) is 5.96. The number of hydrogen-bond donors (Lipinski definition) is 5. The Morgan fingerprint density at radius 3 is 2.69 bits per heavy atom. The van der Waals surface area contributed by atoms with E-state index >= 15 is 0 Å². The zero-order valence-electron chi connectivity index (χ0n) is 13.9. The summed E-state index contributed by atoms with van der Waals surface area (Å²) in [5.41, 5.74) is 18.5. The zero-order chi connectivity index (χ0) is 19.3. The Balaban J connectivity index is 2.36. The number of aliphatic imine (C=N–C) groups is 2. The SMILES string of the molecule is CC[C@@H](N=C(N)/N=C(/Nc1ccc2scnc2c1)C(=N)C(N)=O)C(N)=O. The minimum Gasteiger partial charge on any atom is -0.368 e. The van der Waals surface area contributed by atoms with Crippen molar-refractivity contribution in [2.75, 3.05) is 5.32 Å². The summed E-state index contributed by atoms with van der Waals surface area (Å²) in [6, 6.07) is 4.43. The van der Waals surface area contributed by atoms with E-state index in [0.717, 1.165) is 10.2 Å². The standard InChI is InChI=1S/C15H18N8O2S/c1-2-8(12(17)24)22-15(19)23-14(11(16)13(18)25)21-7-3-4-10-9(5-7)20-6-26-10/h3-6,8,16H,2H2,1H3,(H2,17,24)(H2,18,25)(H3,19,21,22,23)/t8-/m1/s1. The van der Waals surface area contributed by atoms with Crippen LogP contribution in [0.4, 0.5) is 5.69 Å². The van der Waals surface area contributed by atoms with Crippen molar-refractivity contribution >= 4 is 56.6 Å². The van der Waals surface area contributed by atoms with Gasteiger partial charge >= 0.3 is 0 Å². The second-order valence-electron chi connectivity index (χ2n) is 5.17. The van der Waals surface area contributed by atoms with Gasteiger partial charge in [-0.25, -0.2) is 9.98 Å². The third-order valence-corrected chi connectivity index (χ3v) is 4.12. The number of anilines is 1. The van der Waals surface area contributed by atoms with Crippen molar-refractivity contribution in [3.63, 3.8) is 0 Å². The highest BCUT2D eigenvalue weighted by molar-refractivity contribution is 7.16. The first kappa shape index (κ1) is 19.0. The van der Waals surface area contributed by atoms with Crippen LogP contribution >= 0.6 is 11.3 Å². The predicted octanol–water partition coefficient (Wildman–Crippen LogP) is 0.190. The molecule has 2 rings (SSSR count). The second-order valence-corrected chi connectivity index (χ2v) is 6.06. The quantitative estimate of drug-likeness (QED) is 0.356. The average molecular weight is 374 g/mol. The minimum atomic E-state index is -0.999. The maximum Gasteiger partial charge on any atom is 0.270 e. The number of rotatable bonds is 6. The molecule has 0 aliphatic carbocycles. The van der Waals surface area contributed by atoms with Gasteiger partial charge in [0, 0.05) is 5.69 Å². The molecule has 26 heavy (non-hydrogen) atoms. The molecule has 1 aromatic carbocycles. The van der Waals surface area contributed by atoms with Gasteiger partial charge in [0.2, 0.25) is 11.9 Å². The molecular weight excluding hydrogens is 356 g/mol. The highest BCUT2D eigenvalue weighted by Gasteiger charge is 2.16. The Hall–Kier alpha value is -3.34. The van der Waals surface area contributed by atoms with E-state index in [-0.39, 0.29) is 11.8 Å². The van der Waals surface area contributed by atoms with Gasteiger partial charge < -0.3 is 22.5 Å². The molecular formula is C15H18N8O2S. The summed E-state index contributed by atoms with van der Waals surface area (Å²) in [7, 11) is 0. The number of primary amides is 2. The van der Waals surface area contributed by atoms with Crippen LogP contribution in [0.25, 0.3) is 10.2 Å². The summed E-state index contributed by atoms with van der Waals surface area (Å²) in [4.78, 5) is 34.6. The van der Waals surface area contributed by atoms with Crippen LogP contribution in [-0.2, 0) is 9.59 Å². The van der Waals surface area contributed by atoms with Gasteiger partial charge in [0.25, 0.3) is 5.91 Å². The van der Waals surface area contributed by atoms with Crippen molar-refractivity contribution in [2.24, 2.45) is 27.2 Å². The number of carbonyl (C=O) groups excluding carboxylic acids is 2. The van der Waals surface area contributed by atoms with Crippen molar-refractivity contribution in [2.45, 2.75) is 19.4 Å². The van der Waals surface area contributed by atoms with Crippen LogP contribution in [0.15, 0.2) is 33.7 Å². The molecule has 0 radical (unpaired) electrons. The number of amidine groups is 1. The molecule has 0 aliphatic heterocycles. The lowest BCUT2D eigenvalue weighted by molar-refractivity contribution is -0.119. The van der Waals surface area contributed by atoms with Crippen molar-refractivity contribution in [1.82, 2.24) is 4.98 Å². The fourth-order valence-electron chi connectivity index (χ4n) is 1.99. The van der Waals surface area contributed by atoms with Gasteiger partial charge in [-0.3, -0.25) is 15.0 Å². The predicted molar refractivity (Wildman–Crippen MR) is 102 cm³/mol. The van der Waals surface area contributed by atoms with Gasteiger partial charge in [-0.2, -0.15) is 4.99 Å². The van der Waals surface area contributed by atoms with Crippen molar-refractivity contribution < 1.29 is 9.59 Å². The lowest BCUT2D eigenvalue weighted by Crippen LogP contribution is -2.36. The van der Waals surface area contributed by atoms with Gasteiger partial charge in [0.1, 0.15) is 6.04 Å². The summed E-state index contributed by atoms with van der Waals surface area (Å²) >= 11 is 1.48. The number of fused-ring (bicyclic) bond motifs is 1. The number of nitrogens with zero attached hydrogens (tertiary/aromatic N) is 3. The first-order chi connectivity index (χ1) is 12.3. The lowest BCUT2D eigenvalue weighted by atomic mass is 10.2. The largest absolute Gasteiger partial charge is 0.368 e. The molecule has 2 aromatic rings. The van der Waals surface area contributed by atoms with Crippen LogP contribution in [0.2, 0.25) is 0 Å². The summed E-state index contributed by atoms with van der Waals surface area (Å²) < 4.78 is 0.979. The Bertz CT molecular complexity index is 917. The first-order valence-electron chi connectivity index (χ1n) is 7.52.